The third-order valence-corrected chi connectivity index (χ3v) is 2.76. The van der Waals surface area contributed by atoms with Crippen molar-refractivity contribution >= 4 is 0 Å². The fourth-order valence-electron chi connectivity index (χ4n) is 2.09. The van der Waals surface area contributed by atoms with Crippen LogP contribution in [0.3, 0.4) is 0 Å². The van der Waals surface area contributed by atoms with Gasteiger partial charge >= 0.3 is 0 Å². The van der Waals surface area contributed by atoms with Crippen molar-refractivity contribution in [3.63, 3.8) is 0 Å². The summed E-state index contributed by atoms with van der Waals surface area (Å²) in [4.78, 5) is 0. The maximum atomic E-state index is 5.73. The smallest absolute Gasteiger partial charge is 0.0110 e. The van der Waals surface area contributed by atoms with Crippen LogP contribution < -0.4 is 11.1 Å². The normalized spacial score (nSPS) is 31.0. The average molecular weight is 170 g/mol. The number of hydrogen-bond acceptors (Lipinski definition) is 2. The van der Waals surface area contributed by atoms with Gasteiger partial charge < -0.3 is 11.1 Å². The average Bonchev–Trinajstić information content (AvgIpc) is 2.04. The molecule has 0 spiro atoms. The highest BCUT2D eigenvalue weighted by Crippen LogP contribution is 2.20. The zero-order valence-electron chi connectivity index (χ0n) is 8.34. The summed E-state index contributed by atoms with van der Waals surface area (Å²) in [6.45, 7) is 6.60. The van der Waals surface area contributed by atoms with Crippen molar-refractivity contribution < 1.29 is 0 Å². The molecular weight excluding hydrogens is 148 g/mol. The van der Waals surface area contributed by atoms with Gasteiger partial charge in [-0.25, -0.2) is 0 Å². The topological polar surface area (TPSA) is 38.0 Å². The van der Waals surface area contributed by atoms with Gasteiger partial charge in [0.1, 0.15) is 0 Å². The Morgan fingerprint density at radius 3 is 2.83 bits per heavy atom. The zero-order chi connectivity index (χ0) is 8.97. The third kappa shape index (κ3) is 2.76. The lowest BCUT2D eigenvalue weighted by Gasteiger charge is -2.32. The van der Waals surface area contributed by atoms with Crippen LogP contribution in [0.2, 0.25) is 0 Å². The molecule has 3 N–H and O–H groups in total. The van der Waals surface area contributed by atoms with E-state index in [1.165, 1.54) is 25.8 Å². The minimum Gasteiger partial charge on any atom is -0.330 e. The molecule has 2 atom stereocenters. The molecule has 12 heavy (non-hydrogen) atoms. The molecule has 1 heterocycles. The van der Waals surface area contributed by atoms with Crippen molar-refractivity contribution in [1.82, 2.24) is 5.32 Å². The van der Waals surface area contributed by atoms with Gasteiger partial charge in [-0.05, 0) is 44.2 Å². The molecule has 2 unspecified atom stereocenters. The van der Waals surface area contributed by atoms with E-state index < -0.39 is 0 Å². The monoisotopic (exact) mass is 170 g/mol. The number of hydrogen-bond donors (Lipinski definition) is 2. The second-order valence-electron chi connectivity index (χ2n) is 4.33. The van der Waals surface area contributed by atoms with Crippen molar-refractivity contribution in [3.05, 3.63) is 0 Å². The Labute approximate surface area is 75.9 Å². The standard InChI is InChI=1S/C10H22N2/c1-8(2)6-10-9(7-11)4-3-5-12-10/h8-10,12H,3-7,11H2,1-2H3. The second kappa shape index (κ2) is 4.83. The van der Waals surface area contributed by atoms with Gasteiger partial charge in [0.15, 0.2) is 0 Å². The van der Waals surface area contributed by atoms with E-state index in [4.69, 9.17) is 5.73 Å². The quantitative estimate of drug-likeness (QED) is 0.671. The van der Waals surface area contributed by atoms with Crippen LogP contribution in [-0.4, -0.2) is 19.1 Å². The van der Waals surface area contributed by atoms with Crippen molar-refractivity contribution in [2.24, 2.45) is 17.6 Å². The van der Waals surface area contributed by atoms with Crippen LogP contribution in [0.5, 0.6) is 0 Å². The predicted octanol–water partition coefficient (Wildman–Crippen LogP) is 1.36. The molecule has 0 bridgehead atoms. The molecule has 1 aliphatic rings. The maximum absolute atomic E-state index is 5.73. The Morgan fingerprint density at radius 2 is 2.25 bits per heavy atom. The minimum atomic E-state index is 0.684. The molecule has 2 heteroatoms. The summed E-state index contributed by atoms with van der Waals surface area (Å²) < 4.78 is 0. The molecule has 0 radical (unpaired) electrons. The Balaban J connectivity index is 2.36. The van der Waals surface area contributed by atoms with Gasteiger partial charge in [0.2, 0.25) is 0 Å². The van der Waals surface area contributed by atoms with E-state index in [-0.39, 0.29) is 0 Å². The summed E-state index contributed by atoms with van der Waals surface area (Å²) in [6.07, 6.45) is 3.90. The van der Waals surface area contributed by atoms with Crippen LogP contribution in [0, 0.1) is 11.8 Å². The lowest BCUT2D eigenvalue weighted by atomic mass is 9.86. The molecule has 0 aromatic carbocycles. The third-order valence-electron chi connectivity index (χ3n) is 2.76. The maximum Gasteiger partial charge on any atom is 0.0110 e. The lowest BCUT2D eigenvalue weighted by molar-refractivity contribution is 0.253. The van der Waals surface area contributed by atoms with Crippen molar-refractivity contribution in [1.29, 1.82) is 0 Å². The van der Waals surface area contributed by atoms with E-state index in [0.717, 1.165) is 18.4 Å². The van der Waals surface area contributed by atoms with Gasteiger partial charge in [-0.15, -0.1) is 0 Å². The molecule has 1 rings (SSSR count). The van der Waals surface area contributed by atoms with Crippen LogP contribution >= 0.6 is 0 Å². The van der Waals surface area contributed by atoms with E-state index in [2.05, 4.69) is 19.2 Å². The SMILES string of the molecule is CC(C)CC1NCCCC1CN. The molecule has 1 saturated heterocycles. The van der Waals surface area contributed by atoms with E-state index in [9.17, 15) is 0 Å². The van der Waals surface area contributed by atoms with Gasteiger partial charge in [-0.1, -0.05) is 13.8 Å². The summed E-state index contributed by atoms with van der Waals surface area (Å²) in [6, 6.07) is 0.684. The predicted molar refractivity (Wildman–Crippen MR) is 53.0 cm³/mol. The van der Waals surface area contributed by atoms with Gasteiger partial charge in [0.25, 0.3) is 0 Å². The van der Waals surface area contributed by atoms with Crippen LogP contribution in [0.4, 0.5) is 0 Å². The minimum absolute atomic E-state index is 0.684. The van der Waals surface area contributed by atoms with Crippen LogP contribution in [0.15, 0.2) is 0 Å². The number of nitrogens with one attached hydrogen (secondary N) is 1. The second-order valence-corrected chi connectivity index (χ2v) is 4.33. The highest BCUT2D eigenvalue weighted by atomic mass is 14.9. The summed E-state index contributed by atoms with van der Waals surface area (Å²) in [5.41, 5.74) is 5.73. The van der Waals surface area contributed by atoms with Gasteiger partial charge in [0, 0.05) is 6.04 Å². The first-order valence-corrected chi connectivity index (χ1v) is 5.17. The molecule has 1 aliphatic heterocycles. The fraction of sp³-hybridized carbons (Fsp3) is 1.00. The molecule has 0 amide bonds. The van der Waals surface area contributed by atoms with Gasteiger partial charge in [-0.2, -0.15) is 0 Å². The summed E-state index contributed by atoms with van der Waals surface area (Å²) in [5.74, 6) is 1.51. The molecule has 0 aromatic heterocycles. The zero-order valence-corrected chi connectivity index (χ0v) is 8.34. The number of rotatable bonds is 3. The lowest BCUT2D eigenvalue weighted by Crippen LogP contribution is -2.44. The molecule has 72 valence electrons. The molecule has 1 fully saturated rings. The van der Waals surface area contributed by atoms with Gasteiger partial charge in [-0.3, -0.25) is 0 Å². The Morgan fingerprint density at radius 1 is 1.50 bits per heavy atom. The number of nitrogens with two attached hydrogens (primary N) is 1. The Bertz CT molecular complexity index is 123. The van der Waals surface area contributed by atoms with Crippen molar-refractivity contribution in [2.75, 3.05) is 13.1 Å². The Hall–Kier alpha value is -0.0800. The van der Waals surface area contributed by atoms with E-state index in [0.29, 0.717) is 6.04 Å². The summed E-state index contributed by atoms with van der Waals surface area (Å²) in [5, 5.41) is 3.57. The van der Waals surface area contributed by atoms with Crippen LogP contribution in [-0.2, 0) is 0 Å². The first-order chi connectivity index (χ1) is 5.74. The highest BCUT2D eigenvalue weighted by Gasteiger charge is 2.23. The fourth-order valence-corrected chi connectivity index (χ4v) is 2.09. The molecule has 2 nitrogen and oxygen atoms in total. The van der Waals surface area contributed by atoms with E-state index in [1.54, 1.807) is 0 Å². The first-order valence-electron chi connectivity index (χ1n) is 5.17. The summed E-state index contributed by atoms with van der Waals surface area (Å²) in [7, 11) is 0. The van der Waals surface area contributed by atoms with E-state index in [1.807, 2.05) is 0 Å². The van der Waals surface area contributed by atoms with E-state index >= 15 is 0 Å². The van der Waals surface area contributed by atoms with Crippen molar-refractivity contribution in [2.45, 2.75) is 39.2 Å². The number of piperidine rings is 1. The molecule has 0 saturated carbocycles. The highest BCUT2D eigenvalue weighted by molar-refractivity contribution is 4.82. The van der Waals surface area contributed by atoms with Crippen molar-refractivity contribution in [3.8, 4) is 0 Å². The van der Waals surface area contributed by atoms with Gasteiger partial charge in [0.05, 0.1) is 0 Å². The van der Waals surface area contributed by atoms with Crippen LogP contribution in [0.1, 0.15) is 33.1 Å². The van der Waals surface area contributed by atoms with Crippen LogP contribution in [0.25, 0.3) is 0 Å². The summed E-state index contributed by atoms with van der Waals surface area (Å²) >= 11 is 0. The largest absolute Gasteiger partial charge is 0.330 e. The molecule has 0 aromatic rings. The first kappa shape index (κ1) is 10.0. The molecule has 0 aliphatic carbocycles. The Kier molecular flexibility index (Phi) is 4.02. The molecular formula is C10H22N2.